The number of carbonyl (C=O) groups is 1. The highest BCUT2D eigenvalue weighted by molar-refractivity contribution is 5.88. The fourth-order valence-corrected chi connectivity index (χ4v) is 1.06. The van der Waals surface area contributed by atoms with Gasteiger partial charge in [-0.05, 0) is 25.5 Å². The van der Waals surface area contributed by atoms with Crippen molar-refractivity contribution < 1.29 is 9.53 Å². The summed E-state index contributed by atoms with van der Waals surface area (Å²) in [6.45, 7) is 3.88. The fourth-order valence-electron chi connectivity index (χ4n) is 1.06. The third-order valence-electron chi connectivity index (χ3n) is 1.65. The summed E-state index contributed by atoms with van der Waals surface area (Å²) in [6, 6.07) is 3.51. The van der Waals surface area contributed by atoms with Crippen LogP contribution in [0.1, 0.15) is 29.9 Å². The van der Waals surface area contributed by atoms with Crippen LogP contribution in [0, 0.1) is 0 Å². The summed E-state index contributed by atoms with van der Waals surface area (Å²) >= 11 is 0. The molecule has 0 fully saturated rings. The second kappa shape index (κ2) is 4.72. The van der Waals surface area contributed by atoms with Gasteiger partial charge in [-0.3, -0.25) is 0 Å². The number of ether oxygens (including phenoxy) is 1. The third-order valence-corrected chi connectivity index (χ3v) is 1.65. The van der Waals surface area contributed by atoms with Crippen LogP contribution < -0.4 is 5.73 Å². The molecule has 0 aliphatic heterocycles. The van der Waals surface area contributed by atoms with Crippen molar-refractivity contribution in [2.45, 2.75) is 26.5 Å². The first-order chi connectivity index (χ1) is 6.65. The van der Waals surface area contributed by atoms with E-state index >= 15 is 0 Å². The Hall–Kier alpha value is -1.42. The highest BCUT2D eigenvalue weighted by Crippen LogP contribution is 2.07. The minimum atomic E-state index is -0.416. The molecule has 76 valence electrons. The number of nitrogens with two attached hydrogens (primary N) is 1. The lowest BCUT2D eigenvalue weighted by atomic mass is 10.2. The maximum atomic E-state index is 11.5. The highest BCUT2D eigenvalue weighted by Gasteiger charge is 2.14. The predicted molar refractivity (Wildman–Crippen MR) is 52.7 cm³/mol. The summed E-state index contributed by atoms with van der Waals surface area (Å²) in [5, 5.41) is 0. The van der Waals surface area contributed by atoms with E-state index in [0.717, 1.165) is 0 Å². The number of carbonyl (C=O) groups excluding carboxylic acids is 1. The Morgan fingerprint density at radius 3 is 2.93 bits per heavy atom. The summed E-state index contributed by atoms with van der Waals surface area (Å²) in [5.41, 5.74) is 6.49. The van der Waals surface area contributed by atoms with Crippen LogP contribution in [0.5, 0.6) is 0 Å². The van der Waals surface area contributed by atoms with Crippen molar-refractivity contribution in [2.24, 2.45) is 5.73 Å². The Bertz CT molecular complexity index is 324. The lowest BCUT2D eigenvalue weighted by molar-refractivity contribution is 0.0369. The summed E-state index contributed by atoms with van der Waals surface area (Å²) in [5.74, 6) is -0.416. The lowest BCUT2D eigenvalue weighted by Gasteiger charge is -2.09. The molecule has 0 radical (unpaired) electrons. The molecule has 4 nitrogen and oxygen atoms in total. The highest BCUT2D eigenvalue weighted by atomic mass is 16.5. The molecular formula is C10H14N2O2. The van der Waals surface area contributed by atoms with Crippen molar-refractivity contribution in [2.75, 3.05) is 0 Å². The van der Waals surface area contributed by atoms with Gasteiger partial charge in [0.05, 0.1) is 6.10 Å². The van der Waals surface area contributed by atoms with Gasteiger partial charge in [-0.2, -0.15) is 0 Å². The summed E-state index contributed by atoms with van der Waals surface area (Å²) < 4.78 is 5.02. The van der Waals surface area contributed by atoms with Gasteiger partial charge in [0.25, 0.3) is 0 Å². The standard InChI is InChI=1S/C10H14N2O2/c1-7(2)14-10(13)9-8(6-11)4-3-5-12-9/h3-5,7H,6,11H2,1-2H3. The van der Waals surface area contributed by atoms with Crippen molar-refractivity contribution in [3.8, 4) is 0 Å². The van der Waals surface area contributed by atoms with E-state index in [1.54, 1.807) is 32.2 Å². The lowest BCUT2D eigenvalue weighted by Crippen LogP contribution is -2.16. The van der Waals surface area contributed by atoms with Crippen molar-refractivity contribution in [3.63, 3.8) is 0 Å². The zero-order valence-electron chi connectivity index (χ0n) is 8.36. The fraction of sp³-hybridized carbons (Fsp3) is 0.400. The van der Waals surface area contributed by atoms with Crippen LogP contribution in [0.25, 0.3) is 0 Å². The number of hydrogen-bond acceptors (Lipinski definition) is 4. The van der Waals surface area contributed by atoms with Gasteiger partial charge in [0, 0.05) is 12.7 Å². The van der Waals surface area contributed by atoms with Crippen LogP contribution in [0.2, 0.25) is 0 Å². The summed E-state index contributed by atoms with van der Waals surface area (Å²) in [7, 11) is 0. The van der Waals surface area contributed by atoms with Gasteiger partial charge in [0.15, 0.2) is 5.69 Å². The predicted octanol–water partition coefficient (Wildman–Crippen LogP) is 1.11. The van der Waals surface area contributed by atoms with E-state index in [9.17, 15) is 4.79 Å². The third kappa shape index (κ3) is 2.53. The van der Waals surface area contributed by atoms with Crippen LogP contribution in [-0.4, -0.2) is 17.1 Å². The van der Waals surface area contributed by atoms with Gasteiger partial charge in [-0.1, -0.05) is 6.07 Å². The van der Waals surface area contributed by atoms with Gasteiger partial charge in [0.1, 0.15) is 0 Å². The Kier molecular flexibility index (Phi) is 3.59. The molecule has 14 heavy (non-hydrogen) atoms. The van der Waals surface area contributed by atoms with Crippen molar-refractivity contribution in [3.05, 3.63) is 29.6 Å². The smallest absolute Gasteiger partial charge is 0.357 e. The molecule has 2 N–H and O–H groups in total. The normalized spacial score (nSPS) is 10.3. The van der Waals surface area contributed by atoms with Gasteiger partial charge in [-0.15, -0.1) is 0 Å². The summed E-state index contributed by atoms with van der Waals surface area (Å²) in [4.78, 5) is 15.4. The Labute approximate surface area is 83.1 Å². The number of hydrogen-bond donors (Lipinski definition) is 1. The van der Waals surface area contributed by atoms with E-state index in [1.807, 2.05) is 0 Å². The number of pyridine rings is 1. The Balaban J connectivity index is 2.88. The molecule has 0 atom stereocenters. The van der Waals surface area contributed by atoms with Crippen molar-refractivity contribution >= 4 is 5.97 Å². The molecule has 0 unspecified atom stereocenters. The largest absolute Gasteiger partial charge is 0.458 e. The molecule has 1 heterocycles. The molecule has 0 aliphatic carbocycles. The average molecular weight is 194 g/mol. The number of rotatable bonds is 3. The average Bonchev–Trinajstić information content (AvgIpc) is 2.16. The van der Waals surface area contributed by atoms with Gasteiger partial charge in [-0.25, -0.2) is 9.78 Å². The molecule has 0 amide bonds. The van der Waals surface area contributed by atoms with E-state index in [0.29, 0.717) is 11.3 Å². The first-order valence-electron chi connectivity index (χ1n) is 4.50. The molecule has 4 heteroatoms. The molecular weight excluding hydrogens is 180 g/mol. The SMILES string of the molecule is CC(C)OC(=O)c1ncccc1CN. The molecule has 0 saturated heterocycles. The van der Waals surface area contributed by atoms with E-state index < -0.39 is 5.97 Å². The van der Waals surface area contributed by atoms with E-state index in [1.165, 1.54) is 0 Å². The molecule has 1 aromatic heterocycles. The topological polar surface area (TPSA) is 65.2 Å². The molecule has 1 rings (SSSR count). The molecule has 1 aromatic rings. The van der Waals surface area contributed by atoms with Gasteiger partial charge in [0.2, 0.25) is 0 Å². The minimum Gasteiger partial charge on any atom is -0.458 e. The Morgan fingerprint density at radius 1 is 1.64 bits per heavy atom. The van der Waals surface area contributed by atoms with Crippen LogP contribution in [0.3, 0.4) is 0 Å². The molecule has 0 saturated carbocycles. The van der Waals surface area contributed by atoms with Crippen molar-refractivity contribution in [1.82, 2.24) is 4.98 Å². The monoisotopic (exact) mass is 194 g/mol. The maximum Gasteiger partial charge on any atom is 0.357 e. The molecule has 0 aromatic carbocycles. The first-order valence-corrected chi connectivity index (χ1v) is 4.50. The Morgan fingerprint density at radius 2 is 2.36 bits per heavy atom. The van der Waals surface area contributed by atoms with Crippen molar-refractivity contribution in [1.29, 1.82) is 0 Å². The second-order valence-electron chi connectivity index (χ2n) is 3.17. The van der Waals surface area contributed by atoms with Crippen LogP contribution in [0.15, 0.2) is 18.3 Å². The first kappa shape index (κ1) is 10.7. The molecule has 0 bridgehead atoms. The summed E-state index contributed by atoms with van der Waals surface area (Å²) in [6.07, 6.45) is 1.41. The number of esters is 1. The van der Waals surface area contributed by atoms with E-state index in [2.05, 4.69) is 4.98 Å². The second-order valence-corrected chi connectivity index (χ2v) is 3.17. The zero-order valence-corrected chi connectivity index (χ0v) is 8.36. The zero-order chi connectivity index (χ0) is 10.6. The van der Waals surface area contributed by atoms with Crippen LogP contribution in [-0.2, 0) is 11.3 Å². The van der Waals surface area contributed by atoms with Crippen LogP contribution >= 0.6 is 0 Å². The van der Waals surface area contributed by atoms with Gasteiger partial charge >= 0.3 is 5.97 Å². The molecule has 0 spiro atoms. The maximum absolute atomic E-state index is 11.5. The number of nitrogens with zero attached hydrogens (tertiary/aromatic N) is 1. The quantitative estimate of drug-likeness (QED) is 0.732. The van der Waals surface area contributed by atoms with E-state index in [4.69, 9.17) is 10.5 Å². The van der Waals surface area contributed by atoms with Crippen LogP contribution in [0.4, 0.5) is 0 Å². The van der Waals surface area contributed by atoms with Gasteiger partial charge < -0.3 is 10.5 Å². The number of aromatic nitrogens is 1. The minimum absolute atomic E-state index is 0.143. The van der Waals surface area contributed by atoms with E-state index in [-0.39, 0.29) is 12.6 Å². The molecule has 0 aliphatic rings.